The highest BCUT2D eigenvalue weighted by Gasteiger charge is 2.28. The Bertz CT molecular complexity index is 1240. The minimum absolute atomic E-state index is 0.176. The summed E-state index contributed by atoms with van der Waals surface area (Å²) in [6.07, 6.45) is 1.70. The Labute approximate surface area is 179 Å². The van der Waals surface area contributed by atoms with E-state index in [-0.39, 0.29) is 16.6 Å². The Kier molecular flexibility index (Phi) is 5.75. The number of hydrogen-bond acceptors (Lipinski definition) is 6. The van der Waals surface area contributed by atoms with Gasteiger partial charge in [0.1, 0.15) is 0 Å². The zero-order valence-electron chi connectivity index (χ0n) is 16.9. The van der Waals surface area contributed by atoms with E-state index in [0.717, 1.165) is 12.8 Å². The third-order valence-corrected chi connectivity index (χ3v) is 7.24. The van der Waals surface area contributed by atoms with Crippen molar-refractivity contribution >= 4 is 21.6 Å². The average molecular weight is 442 g/mol. The van der Waals surface area contributed by atoms with Crippen LogP contribution in [-0.4, -0.2) is 41.9 Å². The third kappa shape index (κ3) is 4.59. The van der Waals surface area contributed by atoms with Crippen molar-refractivity contribution in [3.63, 3.8) is 0 Å². The van der Waals surface area contributed by atoms with E-state index in [1.807, 2.05) is 0 Å². The van der Waals surface area contributed by atoms with Crippen LogP contribution in [0.4, 0.5) is 5.69 Å². The van der Waals surface area contributed by atoms with E-state index in [0.29, 0.717) is 35.8 Å². The van der Waals surface area contributed by atoms with E-state index < -0.39 is 15.8 Å². The number of hydrogen-bond donors (Lipinski definition) is 2. The van der Waals surface area contributed by atoms with Crippen molar-refractivity contribution in [1.82, 2.24) is 14.4 Å². The van der Waals surface area contributed by atoms with Crippen LogP contribution in [0.2, 0.25) is 0 Å². The summed E-state index contributed by atoms with van der Waals surface area (Å²) >= 11 is 0. The van der Waals surface area contributed by atoms with E-state index in [1.54, 1.807) is 24.3 Å². The van der Waals surface area contributed by atoms with Gasteiger partial charge in [-0.25, -0.2) is 13.2 Å². The molecule has 2 N–H and O–H groups in total. The SMILES string of the molecule is CC1CCN(S(=O)(=O)c2ccc(C(=O)Nc3cccc(-c4noc(=O)[nH]4)c3)cc2)CC1. The molecule has 9 nitrogen and oxygen atoms in total. The van der Waals surface area contributed by atoms with Gasteiger partial charge < -0.3 is 5.32 Å². The second-order valence-corrected chi connectivity index (χ2v) is 9.53. The normalized spacial score (nSPS) is 15.6. The molecule has 0 unspecified atom stereocenters. The van der Waals surface area contributed by atoms with Crippen molar-refractivity contribution in [2.45, 2.75) is 24.7 Å². The minimum atomic E-state index is -3.56. The molecule has 0 radical (unpaired) electrons. The van der Waals surface area contributed by atoms with E-state index >= 15 is 0 Å². The van der Waals surface area contributed by atoms with Crippen molar-refractivity contribution in [2.75, 3.05) is 18.4 Å². The Balaban J connectivity index is 1.47. The van der Waals surface area contributed by atoms with Crippen LogP contribution in [0.5, 0.6) is 0 Å². The largest absolute Gasteiger partial charge is 0.439 e. The lowest BCUT2D eigenvalue weighted by Gasteiger charge is -2.29. The van der Waals surface area contributed by atoms with Crippen molar-refractivity contribution in [2.24, 2.45) is 5.92 Å². The summed E-state index contributed by atoms with van der Waals surface area (Å²) in [6, 6.07) is 12.6. The molecule has 1 saturated heterocycles. The fraction of sp³-hybridized carbons (Fsp3) is 0.286. The molecule has 1 aromatic heterocycles. The molecular weight excluding hydrogens is 420 g/mol. The van der Waals surface area contributed by atoms with Crippen LogP contribution in [-0.2, 0) is 10.0 Å². The summed E-state index contributed by atoms with van der Waals surface area (Å²) < 4.78 is 31.7. The summed E-state index contributed by atoms with van der Waals surface area (Å²) in [5, 5.41) is 6.38. The Hall–Kier alpha value is -3.24. The average Bonchev–Trinajstić information content (AvgIpc) is 3.21. The number of anilines is 1. The van der Waals surface area contributed by atoms with Gasteiger partial charge in [0.25, 0.3) is 5.91 Å². The zero-order valence-corrected chi connectivity index (χ0v) is 17.7. The number of nitrogens with one attached hydrogen (secondary N) is 2. The first-order chi connectivity index (χ1) is 14.8. The lowest BCUT2D eigenvalue weighted by atomic mass is 10.0. The molecule has 1 fully saturated rings. The predicted octanol–water partition coefficient (Wildman–Crippen LogP) is 2.70. The number of carbonyl (C=O) groups excluding carboxylic acids is 1. The van der Waals surface area contributed by atoms with Gasteiger partial charge in [-0.05, 0) is 55.2 Å². The third-order valence-electron chi connectivity index (χ3n) is 5.33. The Morgan fingerprint density at radius 1 is 1.16 bits per heavy atom. The molecule has 0 atom stereocenters. The lowest BCUT2D eigenvalue weighted by molar-refractivity contribution is 0.102. The number of sulfonamides is 1. The van der Waals surface area contributed by atoms with Gasteiger partial charge in [0.2, 0.25) is 10.0 Å². The van der Waals surface area contributed by atoms with Crippen LogP contribution in [0.3, 0.4) is 0 Å². The molecule has 3 aromatic rings. The van der Waals surface area contributed by atoms with Gasteiger partial charge >= 0.3 is 5.76 Å². The van der Waals surface area contributed by atoms with Crippen molar-refractivity contribution in [1.29, 1.82) is 0 Å². The van der Waals surface area contributed by atoms with Crippen LogP contribution in [0.1, 0.15) is 30.1 Å². The number of benzene rings is 2. The van der Waals surface area contributed by atoms with E-state index in [4.69, 9.17) is 0 Å². The van der Waals surface area contributed by atoms with Crippen LogP contribution in [0.25, 0.3) is 11.4 Å². The van der Waals surface area contributed by atoms with Crippen molar-refractivity contribution in [3.8, 4) is 11.4 Å². The fourth-order valence-electron chi connectivity index (χ4n) is 3.45. The topological polar surface area (TPSA) is 125 Å². The maximum atomic E-state index is 12.8. The number of amides is 1. The van der Waals surface area contributed by atoms with Crippen LogP contribution in [0.15, 0.2) is 62.7 Å². The van der Waals surface area contributed by atoms with Crippen molar-refractivity contribution in [3.05, 3.63) is 64.6 Å². The van der Waals surface area contributed by atoms with Gasteiger partial charge in [0.05, 0.1) is 4.90 Å². The molecule has 1 amide bonds. The zero-order chi connectivity index (χ0) is 22.0. The standard InChI is InChI=1S/C21H22N4O5S/c1-14-9-11-25(12-10-14)31(28,29)18-7-5-15(6-8-18)20(26)22-17-4-2-3-16(13-17)19-23-21(27)30-24-19/h2-8,13-14H,9-12H2,1H3,(H,22,26)(H,23,24,27). The van der Waals surface area contributed by atoms with Gasteiger partial charge in [0, 0.05) is 29.9 Å². The maximum absolute atomic E-state index is 12.8. The molecule has 4 rings (SSSR count). The summed E-state index contributed by atoms with van der Waals surface area (Å²) in [5.41, 5.74) is 1.39. The maximum Gasteiger partial charge on any atom is 0.439 e. The highest BCUT2D eigenvalue weighted by atomic mass is 32.2. The molecule has 10 heteroatoms. The molecule has 0 saturated carbocycles. The smallest absolute Gasteiger partial charge is 0.322 e. The van der Waals surface area contributed by atoms with E-state index in [1.165, 1.54) is 28.6 Å². The number of aromatic nitrogens is 2. The first kappa shape index (κ1) is 21.0. The predicted molar refractivity (Wildman–Crippen MR) is 114 cm³/mol. The quantitative estimate of drug-likeness (QED) is 0.626. The molecule has 162 valence electrons. The molecule has 1 aliphatic heterocycles. The second kappa shape index (κ2) is 8.48. The number of aromatic amines is 1. The van der Waals surface area contributed by atoms with Crippen LogP contribution >= 0.6 is 0 Å². The number of carbonyl (C=O) groups is 1. The molecule has 0 spiro atoms. The molecular formula is C21H22N4O5S. The van der Waals surface area contributed by atoms with Gasteiger partial charge in [-0.15, -0.1) is 0 Å². The van der Waals surface area contributed by atoms with Crippen LogP contribution < -0.4 is 11.1 Å². The van der Waals surface area contributed by atoms with Crippen LogP contribution in [0, 0.1) is 5.92 Å². The summed E-state index contributed by atoms with van der Waals surface area (Å²) in [6.45, 7) is 3.15. The first-order valence-electron chi connectivity index (χ1n) is 9.91. The highest BCUT2D eigenvalue weighted by Crippen LogP contribution is 2.24. The number of piperidine rings is 1. The molecule has 0 bridgehead atoms. The molecule has 2 aromatic carbocycles. The van der Waals surface area contributed by atoms with Gasteiger partial charge in [-0.1, -0.05) is 24.2 Å². The first-order valence-corrected chi connectivity index (χ1v) is 11.3. The number of rotatable bonds is 5. The molecule has 31 heavy (non-hydrogen) atoms. The highest BCUT2D eigenvalue weighted by molar-refractivity contribution is 7.89. The molecule has 1 aliphatic rings. The number of H-pyrrole nitrogens is 1. The molecule has 0 aliphatic carbocycles. The second-order valence-electron chi connectivity index (χ2n) is 7.59. The summed E-state index contributed by atoms with van der Waals surface area (Å²) in [4.78, 5) is 26.4. The summed E-state index contributed by atoms with van der Waals surface area (Å²) in [7, 11) is -3.56. The van der Waals surface area contributed by atoms with Gasteiger partial charge in [-0.2, -0.15) is 4.31 Å². The summed E-state index contributed by atoms with van der Waals surface area (Å²) in [5.74, 6) is -0.275. The van der Waals surface area contributed by atoms with E-state index in [2.05, 4.69) is 26.9 Å². The van der Waals surface area contributed by atoms with Crippen molar-refractivity contribution < 1.29 is 17.7 Å². The van der Waals surface area contributed by atoms with E-state index in [9.17, 15) is 18.0 Å². The molecule has 2 heterocycles. The fourth-order valence-corrected chi connectivity index (χ4v) is 4.92. The minimum Gasteiger partial charge on any atom is -0.322 e. The van der Waals surface area contributed by atoms with Gasteiger partial charge in [-0.3, -0.25) is 14.3 Å². The monoisotopic (exact) mass is 442 g/mol. The Morgan fingerprint density at radius 2 is 1.87 bits per heavy atom. The Morgan fingerprint density at radius 3 is 2.52 bits per heavy atom. The lowest BCUT2D eigenvalue weighted by Crippen LogP contribution is -2.37. The van der Waals surface area contributed by atoms with Gasteiger partial charge in [0.15, 0.2) is 5.82 Å². The number of nitrogens with zero attached hydrogens (tertiary/aromatic N) is 2.